The highest BCUT2D eigenvalue weighted by Crippen LogP contribution is 2.17. The van der Waals surface area contributed by atoms with Crippen LogP contribution in [-0.2, 0) is 16.2 Å². The van der Waals surface area contributed by atoms with Gasteiger partial charge in [0.15, 0.2) is 0 Å². The van der Waals surface area contributed by atoms with Crippen molar-refractivity contribution in [2.75, 3.05) is 0 Å². The summed E-state index contributed by atoms with van der Waals surface area (Å²) in [4.78, 5) is 17.0. The predicted octanol–water partition coefficient (Wildman–Crippen LogP) is 1.91. The summed E-state index contributed by atoms with van der Waals surface area (Å²) in [5.74, 6) is 0.548. The first-order chi connectivity index (χ1) is 10.8. The number of nitrogens with one attached hydrogen (secondary N) is 1. The van der Waals surface area contributed by atoms with Gasteiger partial charge in [0, 0.05) is 12.0 Å². The van der Waals surface area contributed by atoms with Crippen LogP contribution in [0.4, 0.5) is 0 Å². The lowest BCUT2D eigenvalue weighted by Crippen LogP contribution is -2.34. The summed E-state index contributed by atoms with van der Waals surface area (Å²) in [7, 11) is 0. The van der Waals surface area contributed by atoms with Crippen molar-refractivity contribution in [2.24, 2.45) is 5.16 Å². The fourth-order valence-corrected chi connectivity index (χ4v) is 2.08. The summed E-state index contributed by atoms with van der Waals surface area (Å²) < 4.78 is 5.52. The van der Waals surface area contributed by atoms with E-state index in [9.17, 15) is 4.79 Å². The van der Waals surface area contributed by atoms with Gasteiger partial charge >= 0.3 is 0 Å². The van der Waals surface area contributed by atoms with Crippen LogP contribution in [0.1, 0.15) is 25.7 Å². The van der Waals surface area contributed by atoms with Crippen LogP contribution in [0.25, 0.3) is 11.5 Å². The number of hydrogen-bond acceptors (Lipinski definition) is 6. The Labute approximate surface area is 127 Å². The van der Waals surface area contributed by atoms with Gasteiger partial charge in [-0.3, -0.25) is 4.79 Å². The van der Waals surface area contributed by atoms with Crippen molar-refractivity contribution in [1.29, 1.82) is 0 Å². The molecular weight excluding hydrogens is 284 g/mol. The van der Waals surface area contributed by atoms with Crippen molar-refractivity contribution in [3.05, 3.63) is 36.2 Å². The maximum atomic E-state index is 12.0. The van der Waals surface area contributed by atoms with Gasteiger partial charge in [0.05, 0.1) is 12.3 Å². The number of amides is 1. The second-order valence-electron chi connectivity index (χ2n) is 4.89. The summed E-state index contributed by atoms with van der Waals surface area (Å²) in [5, 5.41) is 14.5. The van der Waals surface area contributed by atoms with Gasteiger partial charge in [-0.1, -0.05) is 30.3 Å². The van der Waals surface area contributed by atoms with Crippen molar-refractivity contribution in [1.82, 2.24) is 15.5 Å². The molecule has 3 rings (SSSR count). The molecule has 0 unspecified atom stereocenters. The van der Waals surface area contributed by atoms with Crippen LogP contribution < -0.4 is 5.32 Å². The number of oxime groups is 1. The average molecular weight is 300 g/mol. The van der Waals surface area contributed by atoms with Crippen molar-refractivity contribution < 1.29 is 14.0 Å². The van der Waals surface area contributed by atoms with Gasteiger partial charge in [-0.25, -0.2) is 0 Å². The molecule has 1 aliphatic heterocycles. The Morgan fingerprint density at radius 1 is 1.32 bits per heavy atom. The molecule has 2 heterocycles. The van der Waals surface area contributed by atoms with E-state index in [1.165, 1.54) is 0 Å². The molecule has 2 aromatic rings. The molecule has 0 spiro atoms. The maximum Gasteiger partial charge on any atom is 0.264 e. The van der Waals surface area contributed by atoms with E-state index in [-0.39, 0.29) is 12.5 Å². The van der Waals surface area contributed by atoms with Crippen LogP contribution in [0.15, 0.2) is 39.9 Å². The SMILES string of the molecule is CCC1=NO[C@@H](C(=O)NCc2nnc(-c3ccccc3)o2)C1. The lowest BCUT2D eigenvalue weighted by atomic mass is 10.1. The van der Waals surface area contributed by atoms with Crippen LogP contribution in [0, 0.1) is 0 Å². The average Bonchev–Trinajstić information content (AvgIpc) is 3.22. The normalized spacial score (nSPS) is 17.0. The van der Waals surface area contributed by atoms with Crippen LogP contribution in [0.2, 0.25) is 0 Å². The Morgan fingerprint density at radius 2 is 2.14 bits per heavy atom. The second kappa shape index (κ2) is 6.38. The first-order valence-corrected chi connectivity index (χ1v) is 7.13. The van der Waals surface area contributed by atoms with E-state index >= 15 is 0 Å². The van der Waals surface area contributed by atoms with Crippen molar-refractivity contribution in [3.8, 4) is 11.5 Å². The van der Waals surface area contributed by atoms with Gasteiger partial charge in [0.2, 0.25) is 17.9 Å². The van der Waals surface area contributed by atoms with Gasteiger partial charge in [0.1, 0.15) is 0 Å². The van der Waals surface area contributed by atoms with Gasteiger partial charge in [-0.15, -0.1) is 10.2 Å². The predicted molar refractivity (Wildman–Crippen MR) is 78.8 cm³/mol. The number of benzene rings is 1. The number of nitrogens with zero attached hydrogens (tertiary/aromatic N) is 3. The minimum atomic E-state index is -0.563. The van der Waals surface area contributed by atoms with Gasteiger partial charge < -0.3 is 14.6 Å². The van der Waals surface area contributed by atoms with E-state index in [0.29, 0.717) is 18.2 Å². The van der Waals surface area contributed by atoms with E-state index in [1.54, 1.807) is 0 Å². The summed E-state index contributed by atoms with van der Waals surface area (Å²) in [6, 6.07) is 9.46. The highest BCUT2D eigenvalue weighted by molar-refractivity contribution is 5.92. The van der Waals surface area contributed by atoms with Crippen LogP contribution in [0.3, 0.4) is 0 Å². The lowest BCUT2D eigenvalue weighted by Gasteiger charge is -2.07. The molecule has 0 aliphatic carbocycles. The third-order valence-electron chi connectivity index (χ3n) is 3.33. The van der Waals surface area contributed by atoms with Crippen LogP contribution in [0.5, 0.6) is 0 Å². The molecule has 1 aromatic heterocycles. The molecule has 0 bridgehead atoms. The largest absolute Gasteiger partial charge is 0.419 e. The zero-order valence-electron chi connectivity index (χ0n) is 12.2. The molecule has 1 atom stereocenters. The molecule has 22 heavy (non-hydrogen) atoms. The molecule has 1 aromatic carbocycles. The standard InChI is InChI=1S/C15H16N4O3/c1-2-11-8-12(22-19-11)14(20)16-9-13-17-18-15(21-13)10-6-4-3-5-7-10/h3-7,12H,2,8-9H2,1H3,(H,16,20)/t12-/m1/s1. The fraction of sp³-hybridized carbons (Fsp3) is 0.333. The summed E-state index contributed by atoms with van der Waals surface area (Å²) in [6.45, 7) is 2.14. The van der Waals surface area contributed by atoms with Crippen molar-refractivity contribution >= 4 is 11.6 Å². The first kappa shape index (κ1) is 14.2. The molecule has 114 valence electrons. The zero-order valence-corrected chi connectivity index (χ0v) is 12.2. The maximum absolute atomic E-state index is 12.0. The minimum absolute atomic E-state index is 0.167. The quantitative estimate of drug-likeness (QED) is 0.911. The van der Waals surface area contributed by atoms with Gasteiger partial charge in [-0.2, -0.15) is 0 Å². The lowest BCUT2D eigenvalue weighted by molar-refractivity contribution is -0.131. The Bertz CT molecular complexity index is 681. The molecular formula is C15H16N4O3. The third-order valence-corrected chi connectivity index (χ3v) is 3.33. The summed E-state index contributed by atoms with van der Waals surface area (Å²) in [5.41, 5.74) is 1.73. The number of carbonyl (C=O) groups excluding carboxylic acids is 1. The first-order valence-electron chi connectivity index (χ1n) is 7.13. The van der Waals surface area contributed by atoms with Crippen molar-refractivity contribution in [3.63, 3.8) is 0 Å². The highest BCUT2D eigenvalue weighted by atomic mass is 16.6. The van der Waals surface area contributed by atoms with Crippen LogP contribution in [-0.4, -0.2) is 27.9 Å². The topological polar surface area (TPSA) is 89.6 Å². The van der Waals surface area contributed by atoms with Crippen LogP contribution >= 0.6 is 0 Å². The molecule has 0 fully saturated rings. The summed E-state index contributed by atoms with van der Waals surface area (Å²) in [6.07, 6.45) is 0.751. The van der Waals surface area contributed by atoms with Gasteiger partial charge in [0.25, 0.3) is 5.91 Å². The third kappa shape index (κ3) is 3.13. The molecule has 7 heteroatoms. The number of rotatable bonds is 5. The smallest absolute Gasteiger partial charge is 0.264 e. The van der Waals surface area contributed by atoms with E-state index in [2.05, 4.69) is 20.7 Å². The zero-order chi connectivity index (χ0) is 15.4. The monoisotopic (exact) mass is 300 g/mol. The van der Waals surface area contributed by atoms with E-state index in [4.69, 9.17) is 9.25 Å². The molecule has 0 saturated heterocycles. The number of carbonyl (C=O) groups is 1. The highest BCUT2D eigenvalue weighted by Gasteiger charge is 2.27. The fourth-order valence-electron chi connectivity index (χ4n) is 2.08. The Hall–Kier alpha value is -2.70. The molecule has 1 aliphatic rings. The Balaban J connectivity index is 1.54. The Kier molecular flexibility index (Phi) is 4.13. The van der Waals surface area contributed by atoms with E-state index in [0.717, 1.165) is 17.7 Å². The Morgan fingerprint density at radius 3 is 2.86 bits per heavy atom. The van der Waals surface area contributed by atoms with Crippen molar-refractivity contribution in [2.45, 2.75) is 32.4 Å². The van der Waals surface area contributed by atoms with E-state index < -0.39 is 6.10 Å². The molecule has 0 radical (unpaired) electrons. The number of aromatic nitrogens is 2. The number of hydrogen-bond donors (Lipinski definition) is 1. The molecule has 7 nitrogen and oxygen atoms in total. The van der Waals surface area contributed by atoms with E-state index in [1.807, 2.05) is 37.3 Å². The molecule has 1 amide bonds. The van der Waals surface area contributed by atoms with Gasteiger partial charge in [-0.05, 0) is 18.6 Å². The summed E-state index contributed by atoms with van der Waals surface area (Å²) >= 11 is 0. The molecule has 1 N–H and O–H groups in total. The molecule has 0 saturated carbocycles. The second-order valence-corrected chi connectivity index (χ2v) is 4.89. The minimum Gasteiger partial charge on any atom is -0.419 e.